The molecule has 0 radical (unpaired) electrons. The maximum absolute atomic E-state index is 13.9. The second-order valence-electron chi connectivity index (χ2n) is 8.76. The molecule has 34 heavy (non-hydrogen) atoms. The van der Waals surface area contributed by atoms with Crippen LogP contribution in [0.15, 0.2) is 66.7 Å². The number of carbonyl (C=O) groups excluding carboxylic acids is 2. The van der Waals surface area contributed by atoms with Gasteiger partial charge in [-0.05, 0) is 62.2 Å². The fraction of sp³-hybridized carbons (Fsp3) is 0.185. The molecular weight excluding hydrogens is 438 g/mol. The van der Waals surface area contributed by atoms with Crippen LogP contribution in [-0.4, -0.2) is 24.3 Å². The number of halogens is 2. The molecule has 1 amide bonds. The molecule has 1 aliphatic heterocycles. The Hall–Kier alpha value is -4.00. The van der Waals surface area contributed by atoms with E-state index in [2.05, 4.69) is 24.5 Å². The lowest BCUT2D eigenvalue weighted by Crippen LogP contribution is -2.43. The molecular formula is C27H24F2N2O3. The Morgan fingerprint density at radius 1 is 1.03 bits per heavy atom. The number of benzene rings is 3. The molecule has 7 heteroatoms. The summed E-state index contributed by atoms with van der Waals surface area (Å²) in [5.41, 5.74) is 2.26. The lowest BCUT2D eigenvalue weighted by molar-refractivity contribution is 0.101. The highest BCUT2D eigenvalue weighted by Gasteiger charge is 2.28. The summed E-state index contributed by atoms with van der Waals surface area (Å²) in [6.45, 7) is 4.10. The van der Waals surface area contributed by atoms with Crippen molar-refractivity contribution in [3.8, 4) is 5.75 Å². The normalized spacial score (nSPS) is 15.3. The van der Waals surface area contributed by atoms with Crippen LogP contribution >= 0.6 is 0 Å². The molecule has 0 fully saturated rings. The minimum Gasteiger partial charge on any atom is -0.497 e. The first-order chi connectivity index (χ1) is 16.2. The number of hydrogen-bond donors (Lipinski definition) is 2. The number of carbonyl (C=O) groups is 2. The lowest BCUT2D eigenvalue weighted by Gasteiger charge is -2.35. The molecule has 0 saturated carbocycles. The quantitative estimate of drug-likeness (QED) is 0.395. The summed E-state index contributed by atoms with van der Waals surface area (Å²) >= 11 is 0. The van der Waals surface area contributed by atoms with Crippen LogP contribution < -0.4 is 15.4 Å². The second-order valence-corrected chi connectivity index (χ2v) is 8.76. The van der Waals surface area contributed by atoms with Gasteiger partial charge in [0.2, 0.25) is 0 Å². The summed E-state index contributed by atoms with van der Waals surface area (Å²) in [6, 6.07) is 15.2. The Kier molecular flexibility index (Phi) is 6.20. The Bertz CT molecular complexity index is 1290. The summed E-state index contributed by atoms with van der Waals surface area (Å²) in [5.74, 6) is -2.47. The van der Waals surface area contributed by atoms with Crippen molar-refractivity contribution >= 4 is 23.1 Å². The van der Waals surface area contributed by atoms with Crippen LogP contribution in [0.25, 0.3) is 5.70 Å². The number of rotatable bonds is 5. The van der Waals surface area contributed by atoms with E-state index in [-0.39, 0.29) is 17.0 Å². The molecule has 5 nitrogen and oxygen atoms in total. The zero-order chi connectivity index (χ0) is 24.5. The van der Waals surface area contributed by atoms with Crippen molar-refractivity contribution in [2.24, 2.45) is 0 Å². The number of anilines is 1. The zero-order valence-corrected chi connectivity index (χ0v) is 19.0. The predicted molar refractivity (Wildman–Crippen MR) is 127 cm³/mol. The van der Waals surface area contributed by atoms with Gasteiger partial charge in [0.25, 0.3) is 5.91 Å². The fourth-order valence-electron chi connectivity index (χ4n) is 4.03. The number of ether oxygens (including phenoxy) is 1. The molecule has 0 unspecified atom stereocenters. The first kappa shape index (κ1) is 23.2. The van der Waals surface area contributed by atoms with Gasteiger partial charge in [-0.2, -0.15) is 0 Å². The highest BCUT2D eigenvalue weighted by molar-refractivity contribution is 6.10. The number of nitrogens with one attached hydrogen (secondary N) is 2. The molecule has 0 aromatic heterocycles. The van der Waals surface area contributed by atoms with Gasteiger partial charge in [-0.25, -0.2) is 8.78 Å². The number of fused-ring (bicyclic) bond motifs is 1. The summed E-state index contributed by atoms with van der Waals surface area (Å²) in [5, 5.41) is 5.87. The number of hydrogen-bond acceptors (Lipinski definition) is 4. The Morgan fingerprint density at radius 2 is 1.74 bits per heavy atom. The van der Waals surface area contributed by atoms with Crippen LogP contribution in [0, 0.1) is 11.6 Å². The number of allylic oxidation sites excluding steroid dienone is 1. The third-order valence-electron chi connectivity index (χ3n) is 5.58. The molecule has 3 aromatic carbocycles. The van der Waals surface area contributed by atoms with E-state index in [1.54, 1.807) is 25.3 Å². The molecule has 0 spiro atoms. The topological polar surface area (TPSA) is 67.4 Å². The third kappa shape index (κ3) is 4.83. The van der Waals surface area contributed by atoms with Gasteiger partial charge in [0.1, 0.15) is 22.9 Å². The van der Waals surface area contributed by atoms with Gasteiger partial charge >= 0.3 is 0 Å². The van der Waals surface area contributed by atoms with E-state index in [0.717, 1.165) is 29.7 Å². The van der Waals surface area contributed by atoms with Crippen LogP contribution in [0.3, 0.4) is 0 Å². The first-order valence-electron chi connectivity index (χ1n) is 10.7. The summed E-state index contributed by atoms with van der Waals surface area (Å²) in [6.07, 6.45) is 2.29. The highest BCUT2D eigenvalue weighted by Crippen LogP contribution is 2.32. The number of methoxy groups -OCH3 is 1. The lowest BCUT2D eigenvalue weighted by atomic mass is 9.85. The molecule has 174 valence electrons. The average molecular weight is 462 g/mol. The monoisotopic (exact) mass is 462 g/mol. The Morgan fingerprint density at radius 3 is 2.44 bits per heavy atom. The summed E-state index contributed by atoms with van der Waals surface area (Å²) < 4.78 is 33.2. The van der Waals surface area contributed by atoms with E-state index in [9.17, 15) is 18.4 Å². The van der Waals surface area contributed by atoms with Crippen molar-refractivity contribution in [3.05, 3.63) is 101 Å². The van der Waals surface area contributed by atoms with Gasteiger partial charge in [-0.1, -0.05) is 24.3 Å². The molecule has 4 rings (SSSR count). The molecule has 1 aliphatic rings. The fourth-order valence-corrected chi connectivity index (χ4v) is 4.03. The van der Waals surface area contributed by atoms with Gasteiger partial charge in [-0.15, -0.1) is 0 Å². The van der Waals surface area contributed by atoms with Gasteiger partial charge in [0, 0.05) is 34.1 Å². The molecule has 3 aromatic rings. The zero-order valence-electron chi connectivity index (χ0n) is 19.0. The molecule has 0 atom stereocenters. The first-order valence-corrected chi connectivity index (χ1v) is 10.7. The number of ketones is 1. The molecule has 1 heterocycles. The minimum absolute atomic E-state index is 0.246. The van der Waals surface area contributed by atoms with Gasteiger partial charge in [0.15, 0.2) is 5.78 Å². The average Bonchev–Trinajstić information content (AvgIpc) is 2.78. The van der Waals surface area contributed by atoms with Crippen LogP contribution in [0.4, 0.5) is 14.5 Å². The van der Waals surface area contributed by atoms with Gasteiger partial charge < -0.3 is 15.4 Å². The van der Waals surface area contributed by atoms with Crippen LogP contribution in [-0.2, 0) is 6.42 Å². The van der Waals surface area contributed by atoms with Crippen molar-refractivity contribution in [2.75, 3.05) is 12.4 Å². The predicted octanol–water partition coefficient (Wildman–Crippen LogP) is 5.37. The third-order valence-corrected chi connectivity index (χ3v) is 5.58. The molecule has 0 bridgehead atoms. The summed E-state index contributed by atoms with van der Waals surface area (Å²) in [4.78, 5) is 25.5. The van der Waals surface area contributed by atoms with Crippen molar-refractivity contribution in [2.45, 2.75) is 25.8 Å². The van der Waals surface area contributed by atoms with E-state index in [0.29, 0.717) is 17.0 Å². The summed E-state index contributed by atoms with van der Waals surface area (Å²) in [7, 11) is 1.59. The largest absolute Gasteiger partial charge is 0.497 e. The van der Waals surface area contributed by atoms with Gasteiger partial charge in [0.05, 0.1) is 7.11 Å². The van der Waals surface area contributed by atoms with E-state index in [1.807, 2.05) is 18.2 Å². The Balaban J connectivity index is 1.62. The minimum atomic E-state index is -0.963. The van der Waals surface area contributed by atoms with Gasteiger partial charge in [-0.3, -0.25) is 9.59 Å². The van der Waals surface area contributed by atoms with E-state index < -0.39 is 23.1 Å². The van der Waals surface area contributed by atoms with Crippen molar-refractivity contribution in [3.63, 3.8) is 0 Å². The van der Waals surface area contributed by atoms with E-state index in [4.69, 9.17) is 4.74 Å². The number of amides is 1. The highest BCUT2D eigenvalue weighted by atomic mass is 19.1. The van der Waals surface area contributed by atoms with E-state index in [1.165, 1.54) is 18.2 Å². The maximum Gasteiger partial charge on any atom is 0.261 e. The SMILES string of the molecule is COc1ccc2c(c1)C(=CC(=O)c1cccc(NC(=O)c3c(F)cccc3F)c1)NC(C)(C)C2. The van der Waals surface area contributed by atoms with Crippen molar-refractivity contribution in [1.29, 1.82) is 0 Å². The maximum atomic E-state index is 13.9. The molecule has 2 N–H and O–H groups in total. The van der Waals surface area contributed by atoms with Crippen LogP contribution in [0.1, 0.15) is 45.7 Å². The van der Waals surface area contributed by atoms with Crippen LogP contribution in [0.5, 0.6) is 5.75 Å². The molecule has 0 saturated heterocycles. The standard InChI is InChI=1S/C27H24F2N2O3/c1-27(2)15-17-10-11-19(34-3)13-20(17)23(31-27)14-24(32)16-6-4-7-18(12-16)30-26(33)25-21(28)8-5-9-22(25)29/h4-14,31H,15H2,1-3H3,(H,30,33). The Labute approximate surface area is 196 Å². The smallest absolute Gasteiger partial charge is 0.261 e. The van der Waals surface area contributed by atoms with Crippen LogP contribution in [0.2, 0.25) is 0 Å². The second kappa shape index (κ2) is 9.09. The van der Waals surface area contributed by atoms with E-state index >= 15 is 0 Å². The van der Waals surface area contributed by atoms with Crippen molar-refractivity contribution in [1.82, 2.24) is 5.32 Å². The van der Waals surface area contributed by atoms with Crippen molar-refractivity contribution < 1.29 is 23.1 Å². The molecule has 0 aliphatic carbocycles.